The Bertz CT molecular complexity index is 860. The van der Waals surface area contributed by atoms with E-state index in [1.54, 1.807) is 30.6 Å². The van der Waals surface area contributed by atoms with Crippen molar-refractivity contribution in [3.63, 3.8) is 0 Å². The fourth-order valence-electron chi connectivity index (χ4n) is 2.15. The van der Waals surface area contributed by atoms with Crippen LogP contribution in [0.1, 0.15) is 6.92 Å². The predicted molar refractivity (Wildman–Crippen MR) is 90.9 cm³/mol. The van der Waals surface area contributed by atoms with Gasteiger partial charge in [0.1, 0.15) is 16.3 Å². The van der Waals surface area contributed by atoms with Crippen molar-refractivity contribution in [3.05, 3.63) is 41.4 Å². The van der Waals surface area contributed by atoms with Gasteiger partial charge in [0.25, 0.3) is 0 Å². The number of carbonyl (C=O) groups excluding carboxylic acids is 1. The van der Waals surface area contributed by atoms with Crippen LogP contribution in [0.2, 0.25) is 5.02 Å². The van der Waals surface area contributed by atoms with Crippen molar-refractivity contribution in [1.29, 1.82) is 0 Å². The van der Waals surface area contributed by atoms with Gasteiger partial charge >= 0.3 is 0 Å². The zero-order valence-electron chi connectivity index (χ0n) is 12.0. The topological polar surface area (TPSA) is 51.2 Å². The maximum absolute atomic E-state index is 11.1. The van der Waals surface area contributed by atoms with E-state index in [2.05, 4.69) is 10.3 Å². The number of thiazole rings is 1. The zero-order valence-corrected chi connectivity index (χ0v) is 13.6. The molecule has 112 valence electrons. The molecule has 2 aromatic carbocycles. The summed E-state index contributed by atoms with van der Waals surface area (Å²) >= 11 is 7.79. The van der Waals surface area contributed by atoms with Gasteiger partial charge in [0, 0.05) is 12.5 Å². The summed E-state index contributed by atoms with van der Waals surface area (Å²) < 4.78 is 6.39. The minimum atomic E-state index is -0.153. The van der Waals surface area contributed by atoms with Crippen LogP contribution in [-0.4, -0.2) is 18.0 Å². The van der Waals surface area contributed by atoms with Crippen LogP contribution in [0.4, 0.5) is 5.69 Å². The number of aromatic nitrogens is 1. The van der Waals surface area contributed by atoms with Crippen LogP contribution in [0.15, 0.2) is 36.4 Å². The molecule has 0 aliphatic rings. The second-order valence-electron chi connectivity index (χ2n) is 4.70. The number of methoxy groups -OCH3 is 1. The van der Waals surface area contributed by atoms with Gasteiger partial charge in [0.15, 0.2) is 0 Å². The van der Waals surface area contributed by atoms with Gasteiger partial charge in [-0.3, -0.25) is 4.79 Å². The zero-order chi connectivity index (χ0) is 15.7. The van der Waals surface area contributed by atoms with Gasteiger partial charge in [-0.2, -0.15) is 0 Å². The molecule has 0 unspecified atom stereocenters. The third-order valence-electron chi connectivity index (χ3n) is 3.13. The lowest BCUT2D eigenvalue weighted by atomic mass is 10.2. The van der Waals surface area contributed by atoms with Crippen LogP contribution in [-0.2, 0) is 4.79 Å². The van der Waals surface area contributed by atoms with Crippen LogP contribution >= 0.6 is 22.9 Å². The van der Waals surface area contributed by atoms with E-state index in [1.165, 1.54) is 6.92 Å². The molecule has 1 heterocycles. The Kier molecular flexibility index (Phi) is 4.00. The van der Waals surface area contributed by atoms with Gasteiger partial charge in [-0.05, 0) is 30.3 Å². The Morgan fingerprint density at radius 3 is 2.82 bits per heavy atom. The Labute approximate surface area is 136 Å². The molecule has 0 radical (unpaired) electrons. The molecule has 0 atom stereocenters. The van der Waals surface area contributed by atoms with Gasteiger partial charge in [-0.1, -0.05) is 17.7 Å². The van der Waals surface area contributed by atoms with Gasteiger partial charge in [0.2, 0.25) is 5.91 Å². The first-order valence-electron chi connectivity index (χ1n) is 6.59. The van der Waals surface area contributed by atoms with E-state index in [9.17, 15) is 4.79 Å². The summed E-state index contributed by atoms with van der Waals surface area (Å²) in [6, 6.07) is 11.3. The molecule has 4 nitrogen and oxygen atoms in total. The molecule has 0 bridgehead atoms. The van der Waals surface area contributed by atoms with Crippen molar-refractivity contribution in [2.24, 2.45) is 0 Å². The molecule has 22 heavy (non-hydrogen) atoms. The molecule has 1 N–H and O–H groups in total. The fraction of sp³-hybridized carbons (Fsp3) is 0.125. The Hall–Kier alpha value is -2.11. The molecule has 0 saturated heterocycles. The number of carbonyl (C=O) groups is 1. The van der Waals surface area contributed by atoms with E-state index < -0.39 is 0 Å². The second-order valence-corrected chi connectivity index (χ2v) is 6.14. The number of hydrogen-bond donors (Lipinski definition) is 1. The third kappa shape index (κ3) is 2.77. The molecule has 0 aliphatic heterocycles. The normalized spacial score (nSPS) is 10.7. The lowest BCUT2D eigenvalue weighted by Gasteiger charge is -2.05. The summed E-state index contributed by atoms with van der Waals surface area (Å²) in [5.41, 5.74) is 2.34. The average Bonchev–Trinajstić information content (AvgIpc) is 2.92. The molecule has 0 saturated carbocycles. The first-order valence-corrected chi connectivity index (χ1v) is 7.79. The fourth-order valence-corrected chi connectivity index (χ4v) is 3.36. The van der Waals surface area contributed by atoms with Gasteiger partial charge in [0.05, 0.1) is 22.5 Å². The second kappa shape index (κ2) is 5.94. The van der Waals surface area contributed by atoms with Gasteiger partial charge in [-0.15, -0.1) is 11.3 Å². The number of ether oxygens (including phenoxy) is 1. The molecule has 0 spiro atoms. The summed E-state index contributed by atoms with van der Waals surface area (Å²) in [4.78, 5) is 15.7. The number of rotatable bonds is 3. The first kappa shape index (κ1) is 14.8. The number of halogens is 1. The molecule has 3 rings (SSSR count). The standard InChI is InChI=1S/C16H13ClN2O2S/c1-9(20)18-12-7-6-10(8-11(12)17)16-19-15-13(21-2)4-3-5-14(15)22-16/h3-8H,1-2H3,(H,18,20). The van der Waals surface area contributed by atoms with Crippen LogP contribution < -0.4 is 10.1 Å². The first-order chi connectivity index (χ1) is 10.6. The monoisotopic (exact) mass is 332 g/mol. The van der Waals surface area contributed by atoms with E-state index in [0.29, 0.717) is 10.7 Å². The van der Waals surface area contributed by atoms with Crippen molar-refractivity contribution >= 4 is 44.7 Å². The summed E-state index contributed by atoms with van der Waals surface area (Å²) in [6.45, 7) is 1.45. The van der Waals surface area contributed by atoms with Crippen molar-refractivity contribution in [2.45, 2.75) is 6.92 Å². The number of nitrogens with one attached hydrogen (secondary N) is 1. The van der Waals surface area contributed by atoms with Gasteiger partial charge in [-0.25, -0.2) is 4.98 Å². The van der Waals surface area contributed by atoms with E-state index in [0.717, 1.165) is 26.5 Å². The molecular formula is C16H13ClN2O2S. The predicted octanol–water partition coefficient (Wildman–Crippen LogP) is 4.58. The van der Waals surface area contributed by atoms with E-state index in [-0.39, 0.29) is 5.91 Å². The van der Waals surface area contributed by atoms with Crippen LogP contribution in [0.3, 0.4) is 0 Å². The van der Waals surface area contributed by atoms with Crippen LogP contribution in [0.5, 0.6) is 5.75 Å². The van der Waals surface area contributed by atoms with Crippen molar-refractivity contribution in [3.8, 4) is 16.3 Å². The lowest BCUT2D eigenvalue weighted by molar-refractivity contribution is -0.114. The highest BCUT2D eigenvalue weighted by atomic mass is 35.5. The Balaban J connectivity index is 2.04. The molecule has 0 aliphatic carbocycles. The highest BCUT2D eigenvalue weighted by Gasteiger charge is 2.11. The lowest BCUT2D eigenvalue weighted by Crippen LogP contribution is -2.05. The summed E-state index contributed by atoms with van der Waals surface area (Å²) in [5.74, 6) is 0.598. The number of nitrogens with zero attached hydrogens (tertiary/aromatic N) is 1. The van der Waals surface area contributed by atoms with Gasteiger partial charge < -0.3 is 10.1 Å². The number of hydrogen-bond acceptors (Lipinski definition) is 4. The number of anilines is 1. The van der Waals surface area contributed by atoms with E-state index in [1.807, 2.05) is 24.3 Å². The molecule has 6 heteroatoms. The van der Waals surface area contributed by atoms with Crippen LogP contribution in [0, 0.1) is 0 Å². The number of fused-ring (bicyclic) bond motifs is 1. The minimum Gasteiger partial charge on any atom is -0.494 e. The molecule has 1 amide bonds. The quantitative estimate of drug-likeness (QED) is 0.763. The molecular weight excluding hydrogens is 320 g/mol. The summed E-state index contributed by atoms with van der Waals surface area (Å²) in [7, 11) is 1.63. The number of amides is 1. The van der Waals surface area contributed by atoms with Crippen LogP contribution in [0.25, 0.3) is 20.8 Å². The molecule has 3 aromatic rings. The molecule has 1 aromatic heterocycles. The summed E-state index contributed by atoms with van der Waals surface area (Å²) in [5, 5.41) is 4.03. The van der Waals surface area contributed by atoms with E-state index in [4.69, 9.17) is 16.3 Å². The number of benzene rings is 2. The van der Waals surface area contributed by atoms with Crippen molar-refractivity contribution in [2.75, 3.05) is 12.4 Å². The molecule has 0 fully saturated rings. The maximum Gasteiger partial charge on any atom is 0.221 e. The number of para-hydroxylation sites is 1. The van der Waals surface area contributed by atoms with Crippen molar-refractivity contribution < 1.29 is 9.53 Å². The maximum atomic E-state index is 11.1. The smallest absolute Gasteiger partial charge is 0.221 e. The average molecular weight is 333 g/mol. The SMILES string of the molecule is COc1cccc2sc(-c3ccc(NC(C)=O)c(Cl)c3)nc12. The Morgan fingerprint density at radius 1 is 1.32 bits per heavy atom. The minimum absolute atomic E-state index is 0.153. The highest BCUT2D eigenvalue weighted by molar-refractivity contribution is 7.21. The highest BCUT2D eigenvalue weighted by Crippen LogP contribution is 2.36. The van der Waals surface area contributed by atoms with E-state index >= 15 is 0 Å². The summed E-state index contributed by atoms with van der Waals surface area (Å²) in [6.07, 6.45) is 0. The third-order valence-corrected chi connectivity index (χ3v) is 4.51. The largest absolute Gasteiger partial charge is 0.494 e. The Morgan fingerprint density at radius 2 is 2.14 bits per heavy atom. The van der Waals surface area contributed by atoms with Crippen molar-refractivity contribution in [1.82, 2.24) is 4.98 Å².